The second-order valence-corrected chi connectivity index (χ2v) is 7.93. The highest BCUT2D eigenvalue weighted by Gasteiger charge is 2.34. The summed E-state index contributed by atoms with van der Waals surface area (Å²) < 4.78 is 5.07. The van der Waals surface area contributed by atoms with Crippen molar-refractivity contribution in [2.75, 3.05) is 11.9 Å². The summed E-state index contributed by atoms with van der Waals surface area (Å²) in [7, 11) is 0. The van der Waals surface area contributed by atoms with Crippen molar-refractivity contribution >= 4 is 34.7 Å². The van der Waals surface area contributed by atoms with Crippen LogP contribution >= 0.6 is 11.3 Å². The van der Waals surface area contributed by atoms with E-state index in [2.05, 4.69) is 10.6 Å². The van der Waals surface area contributed by atoms with E-state index < -0.39 is 6.04 Å². The van der Waals surface area contributed by atoms with Crippen LogP contribution in [0.4, 0.5) is 5.69 Å². The highest BCUT2D eigenvalue weighted by atomic mass is 32.1. The van der Waals surface area contributed by atoms with Gasteiger partial charge in [-0.3, -0.25) is 14.4 Å². The van der Waals surface area contributed by atoms with Crippen molar-refractivity contribution in [1.29, 1.82) is 0 Å². The van der Waals surface area contributed by atoms with Gasteiger partial charge in [0, 0.05) is 18.8 Å². The van der Waals surface area contributed by atoms with Crippen molar-refractivity contribution < 1.29 is 18.8 Å². The Morgan fingerprint density at radius 1 is 1.10 bits per heavy atom. The van der Waals surface area contributed by atoms with Crippen molar-refractivity contribution in [3.05, 3.63) is 76.4 Å². The Bertz CT molecular complexity index is 1010. The highest BCUT2D eigenvalue weighted by Crippen LogP contribution is 2.22. The number of benzene rings is 1. The van der Waals surface area contributed by atoms with E-state index in [0.717, 1.165) is 12.0 Å². The van der Waals surface area contributed by atoms with Gasteiger partial charge in [-0.15, -0.1) is 11.3 Å². The second-order valence-electron chi connectivity index (χ2n) is 6.98. The Morgan fingerprint density at radius 2 is 1.93 bits per heavy atom. The van der Waals surface area contributed by atoms with E-state index in [1.165, 1.54) is 17.6 Å². The molecule has 2 aromatic heterocycles. The Morgan fingerprint density at radius 3 is 2.63 bits per heavy atom. The first-order valence-corrected chi connectivity index (χ1v) is 10.6. The van der Waals surface area contributed by atoms with Crippen LogP contribution in [0.25, 0.3) is 0 Å². The lowest BCUT2D eigenvalue weighted by molar-refractivity contribution is -0.125. The molecule has 4 rings (SSSR count). The number of rotatable bonds is 6. The summed E-state index contributed by atoms with van der Waals surface area (Å²) in [5.41, 5.74) is 1.53. The molecule has 0 spiro atoms. The van der Waals surface area contributed by atoms with Crippen LogP contribution in [-0.2, 0) is 11.3 Å². The first-order chi connectivity index (χ1) is 14.6. The van der Waals surface area contributed by atoms with Gasteiger partial charge in [0.15, 0.2) is 5.76 Å². The fourth-order valence-electron chi connectivity index (χ4n) is 3.44. The molecule has 1 fully saturated rings. The zero-order valence-corrected chi connectivity index (χ0v) is 17.0. The van der Waals surface area contributed by atoms with Gasteiger partial charge in [0.25, 0.3) is 11.8 Å². The molecule has 0 aliphatic carbocycles. The van der Waals surface area contributed by atoms with Gasteiger partial charge < -0.3 is 20.0 Å². The minimum Gasteiger partial charge on any atom is -0.459 e. The number of anilines is 1. The lowest BCUT2D eigenvalue weighted by Crippen LogP contribution is -2.45. The molecule has 8 heteroatoms. The van der Waals surface area contributed by atoms with Crippen LogP contribution in [-0.4, -0.2) is 35.2 Å². The average molecular weight is 423 g/mol. The Hall–Kier alpha value is -3.39. The minimum atomic E-state index is -0.438. The van der Waals surface area contributed by atoms with Crippen molar-refractivity contribution in [2.24, 2.45) is 0 Å². The molecule has 7 nitrogen and oxygen atoms in total. The molecule has 1 aliphatic heterocycles. The lowest BCUT2D eigenvalue weighted by atomic mass is 10.1. The Labute approximate surface area is 177 Å². The number of thiophene rings is 1. The largest absolute Gasteiger partial charge is 0.459 e. The van der Waals surface area contributed by atoms with Crippen molar-refractivity contribution in [3.63, 3.8) is 0 Å². The fourth-order valence-corrected chi connectivity index (χ4v) is 4.12. The average Bonchev–Trinajstić information content (AvgIpc) is 3.54. The third-order valence-electron chi connectivity index (χ3n) is 4.97. The number of amides is 3. The summed E-state index contributed by atoms with van der Waals surface area (Å²) >= 11 is 1.39. The number of nitrogens with zero attached hydrogens (tertiary/aromatic N) is 1. The number of hydrogen-bond donors (Lipinski definition) is 2. The summed E-state index contributed by atoms with van der Waals surface area (Å²) in [6, 6.07) is 13.6. The molecule has 3 heterocycles. The molecule has 0 unspecified atom stereocenters. The SMILES string of the molecule is O=C(Nc1ccc(CNC(=O)[C@@H]2CCCN2C(=O)c2cccs2)cc1)c1ccco1. The standard InChI is InChI=1S/C22H21N3O4S/c26-20(17-4-1-11-25(17)22(28)19-6-3-13-30-19)23-14-15-7-9-16(10-8-15)24-21(27)18-5-2-12-29-18/h2-3,5-10,12-13,17H,1,4,11,14H2,(H,23,26)(H,24,27)/t17-/m0/s1. The fraction of sp³-hybridized carbons (Fsp3) is 0.227. The van der Waals surface area contributed by atoms with Crippen LogP contribution in [0.3, 0.4) is 0 Å². The van der Waals surface area contributed by atoms with E-state index in [9.17, 15) is 14.4 Å². The van der Waals surface area contributed by atoms with E-state index in [0.29, 0.717) is 30.1 Å². The molecule has 1 saturated heterocycles. The maximum Gasteiger partial charge on any atom is 0.291 e. The van der Waals surface area contributed by atoms with Gasteiger partial charge in [0.05, 0.1) is 11.1 Å². The minimum absolute atomic E-state index is 0.0840. The molecule has 0 radical (unpaired) electrons. The monoisotopic (exact) mass is 423 g/mol. The molecule has 1 atom stereocenters. The summed E-state index contributed by atoms with van der Waals surface area (Å²) in [6.45, 7) is 0.946. The summed E-state index contributed by atoms with van der Waals surface area (Å²) in [5, 5.41) is 7.53. The number of hydrogen-bond acceptors (Lipinski definition) is 5. The summed E-state index contributed by atoms with van der Waals surface area (Å²) in [6.07, 6.45) is 2.93. The van der Waals surface area contributed by atoms with E-state index in [4.69, 9.17) is 4.42 Å². The number of likely N-dealkylation sites (tertiary alicyclic amines) is 1. The van der Waals surface area contributed by atoms with Gasteiger partial charge in [-0.2, -0.15) is 0 Å². The smallest absolute Gasteiger partial charge is 0.291 e. The zero-order chi connectivity index (χ0) is 20.9. The molecule has 2 N–H and O–H groups in total. The van der Waals surface area contributed by atoms with Crippen LogP contribution in [0, 0.1) is 0 Å². The molecule has 1 aliphatic rings. The topological polar surface area (TPSA) is 91.7 Å². The van der Waals surface area contributed by atoms with Crippen molar-refractivity contribution in [1.82, 2.24) is 10.2 Å². The van der Waals surface area contributed by atoms with Gasteiger partial charge in [-0.05, 0) is 54.1 Å². The van der Waals surface area contributed by atoms with E-state index in [-0.39, 0.29) is 23.5 Å². The quantitative estimate of drug-likeness (QED) is 0.635. The molecular formula is C22H21N3O4S. The van der Waals surface area contributed by atoms with E-state index >= 15 is 0 Å². The number of carbonyl (C=O) groups excluding carboxylic acids is 3. The Kier molecular flexibility index (Phi) is 5.94. The van der Waals surface area contributed by atoms with Gasteiger partial charge in [-0.25, -0.2) is 0 Å². The van der Waals surface area contributed by atoms with Gasteiger partial charge in [0.2, 0.25) is 5.91 Å². The molecule has 30 heavy (non-hydrogen) atoms. The van der Waals surface area contributed by atoms with Crippen molar-refractivity contribution in [2.45, 2.75) is 25.4 Å². The van der Waals surface area contributed by atoms with Gasteiger partial charge in [-0.1, -0.05) is 18.2 Å². The number of carbonyl (C=O) groups is 3. The van der Waals surface area contributed by atoms with Crippen LogP contribution in [0.5, 0.6) is 0 Å². The first-order valence-electron chi connectivity index (χ1n) is 9.68. The molecule has 0 saturated carbocycles. The van der Waals surface area contributed by atoms with Gasteiger partial charge >= 0.3 is 0 Å². The predicted octanol–water partition coefficient (Wildman–Crippen LogP) is 3.51. The maximum atomic E-state index is 12.7. The first kappa shape index (κ1) is 19.9. The van der Waals surface area contributed by atoms with E-state index in [1.54, 1.807) is 35.2 Å². The molecule has 154 valence electrons. The van der Waals surface area contributed by atoms with E-state index in [1.807, 2.05) is 23.6 Å². The maximum absolute atomic E-state index is 12.7. The molecule has 0 bridgehead atoms. The number of nitrogens with one attached hydrogen (secondary N) is 2. The molecule has 1 aromatic carbocycles. The number of furan rings is 1. The predicted molar refractivity (Wildman–Crippen MR) is 113 cm³/mol. The zero-order valence-electron chi connectivity index (χ0n) is 16.2. The third-order valence-corrected chi connectivity index (χ3v) is 5.83. The normalized spacial score (nSPS) is 15.7. The van der Waals surface area contributed by atoms with Crippen molar-refractivity contribution in [3.8, 4) is 0 Å². The lowest BCUT2D eigenvalue weighted by Gasteiger charge is -2.23. The van der Waals surface area contributed by atoms with Crippen LogP contribution < -0.4 is 10.6 Å². The van der Waals surface area contributed by atoms with Crippen LogP contribution in [0.1, 0.15) is 38.6 Å². The summed E-state index contributed by atoms with van der Waals surface area (Å²) in [5.74, 6) is -0.311. The molecule has 3 amide bonds. The molecular weight excluding hydrogens is 402 g/mol. The second kappa shape index (κ2) is 8.96. The molecule has 3 aromatic rings. The van der Waals surface area contributed by atoms with Gasteiger partial charge in [0.1, 0.15) is 6.04 Å². The van der Waals surface area contributed by atoms with Crippen LogP contribution in [0.15, 0.2) is 64.6 Å². The van der Waals surface area contributed by atoms with Crippen LogP contribution in [0.2, 0.25) is 0 Å². The third kappa shape index (κ3) is 4.44. The Balaban J connectivity index is 1.31. The summed E-state index contributed by atoms with van der Waals surface area (Å²) in [4.78, 5) is 39.6. The highest BCUT2D eigenvalue weighted by molar-refractivity contribution is 7.12.